The maximum absolute atomic E-state index is 11.6. The monoisotopic (exact) mass is 196 g/mol. The molecule has 68 valence electrons. The van der Waals surface area contributed by atoms with Crippen molar-refractivity contribution in [3.05, 3.63) is 23.0 Å². The van der Waals surface area contributed by atoms with Crippen LogP contribution in [0.5, 0.6) is 0 Å². The summed E-state index contributed by atoms with van der Waals surface area (Å²) in [5, 5.41) is 0.318. The van der Waals surface area contributed by atoms with E-state index in [0.29, 0.717) is 16.4 Å². The van der Waals surface area contributed by atoms with Crippen LogP contribution in [-0.2, 0) is 0 Å². The van der Waals surface area contributed by atoms with Gasteiger partial charge in [-0.25, -0.2) is 4.98 Å². The standard InChI is InChI=1S/C9H9ClN2O/c10-8-3-6(7(11)4-12-8)9(13)5-1-2-5/h3-5H,1-2,11H2. The first kappa shape index (κ1) is 8.51. The predicted molar refractivity (Wildman–Crippen MR) is 50.7 cm³/mol. The number of nitrogens with zero attached hydrogens (tertiary/aromatic N) is 1. The zero-order chi connectivity index (χ0) is 9.42. The number of hydrogen-bond donors (Lipinski definition) is 1. The second-order valence-corrected chi connectivity index (χ2v) is 3.62. The van der Waals surface area contributed by atoms with E-state index in [1.54, 1.807) is 0 Å². The molecule has 0 amide bonds. The molecule has 1 aliphatic rings. The van der Waals surface area contributed by atoms with E-state index in [2.05, 4.69) is 4.98 Å². The fourth-order valence-corrected chi connectivity index (χ4v) is 1.38. The van der Waals surface area contributed by atoms with Crippen molar-refractivity contribution in [1.82, 2.24) is 4.98 Å². The van der Waals surface area contributed by atoms with Crippen molar-refractivity contribution in [3.8, 4) is 0 Å². The normalized spacial score (nSPS) is 15.8. The number of nitrogen functional groups attached to an aromatic ring is 1. The minimum Gasteiger partial charge on any atom is -0.397 e. The third-order valence-corrected chi connectivity index (χ3v) is 2.32. The van der Waals surface area contributed by atoms with Gasteiger partial charge in [0.05, 0.1) is 11.9 Å². The molecule has 13 heavy (non-hydrogen) atoms. The molecule has 0 saturated heterocycles. The van der Waals surface area contributed by atoms with Gasteiger partial charge < -0.3 is 5.73 Å². The van der Waals surface area contributed by atoms with Gasteiger partial charge in [-0.05, 0) is 18.9 Å². The average Bonchev–Trinajstić information content (AvgIpc) is 2.91. The van der Waals surface area contributed by atoms with Crippen molar-refractivity contribution >= 4 is 23.1 Å². The maximum Gasteiger partial charge on any atom is 0.168 e. The molecule has 4 heteroatoms. The first-order chi connectivity index (χ1) is 6.18. The van der Waals surface area contributed by atoms with Crippen LogP contribution in [0.1, 0.15) is 23.2 Å². The van der Waals surface area contributed by atoms with E-state index in [-0.39, 0.29) is 11.7 Å². The number of nitrogens with two attached hydrogens (primary N) is 1. The number of pyridine rings is 1. The van der Waals surface area contributed by atoms with Gasteiger partial charge in [0.25, 0.3) is 0 Å². The summed E-state index contributed by atoms with van der Waals surface area (Å²) in [6.07, 6.45) is 3.37. The van der Waals surface area contributed by atoms with E-state index in [9.17, 15) is 4.79 Å². The highest BCUT2D eigenvalue weighted by Crippen LogP contribution is 2.34. The Kier molecular flexibility index (Phi) is 1.96. The summed E-state index contributed by atoms with van der Waals surface area (Å²) < 4.78 is 0. The third kappa shape index (κ3) is 1.65. The summed E-state index contributed by atoms with van der Waals surface area (Å²) in [4.78, 5) is 15.4. The molecule has 1 aromatic rings. The van der Waals surface area contributed by atoms with E-state index >= 15 is 0 Å². The van der Waals surface area contributed by atoms with Gasteiger partial charge in [0.15, 0.2) is 5.78 Å². The molecule has 0 aromatic carbocycles. The highest BCUT2D eigenvalue weighted by atomic mass is 35.5. The Balaban J connectivity index is 2.37. The molecule has 1 aliphatic carbocycles. The van der Waals surface area contributed by atoms with Gasteiger partial charge in [-0.15, -0.1) is 0 Å². The quantitative estimate of drug-likeness (QED) is 0.581. The second-order valence-electron chi connectivity index (χ2n) is 3.23. The molecule has 1 saturated carbocycles. The largest absolute Gasteiger partial charge is 0.397 e. The van der Waals surface area contributed by atoms with Crippen LogP contribution < -0.4 is 5.73 Å². The zero-order valence-corrected chi connectivity index (χ0v) is 7.71. The highest BCUT2D eigenvalue weighted by Gasteiger charge is 2.31. The highest BCUT2D eigenvalue weighted by molar-refractivity contribution is 6.30. The average molecular weight is 197 g/mol. The van der Waals surface area contributed by atoms with Crippen LogP contribution in [0, 0.1) is 5.92 Å². The summed E-state index contributed by atoms with van der Waals surface area (Å²) in [6, 6.07) is 1.54. The van der Waals surface area contributed by atoms with Crippen LogP contribution >= 0.6 is 11.6 Å². The summed E-state index contributed by atoms with van der Waals surface area (Å²) in [7, 11) is 0. The Labute approximate surface area is 80.9 Å². The number of carbonyl (C=O) groups is 1. The number of hydrogen-bond acceptors (Lipinski definition) is 3. The first-order valence-electron chi connectivity index (χ1n) is 4.13. The molecule has 0 radical (unpaired) electrons. The van der Waals surface area contributed by atoms with Crippen LogP contribution in [-0.4, -0.2) is 10.8 Å². The van der Waals surface area contributed by atoms with Gasteiger partial charge in [0, 0.05) is 11.5 Å². The van der Waals surface area contributed by atoms with Crippen LogP contribution in [0.2, 0.25) is 5.15 Å². The smallest absolute Gasteiger partial charge is 0.168 e. The van der Waals surface area contributed by atoms with E-state index in [0.717, 1.165) is 12.8 Å². The van der Waals surface area contributed by atoms with Crippen molar-refractivity contribution < 1.29 is 4.79 Å². The summed E-state index contributed by atoms with van der Waals surface area (Å²) in [6.45, 7) is 0. The topological polar surface area (TPSA) is 56.0 Å². The summed E-state index contributed by atoms with van der Waals surface area (Å²) >= 11 is 5.67. The number of rotatable bonds is 2. The number of Topliss-reactive ketones (excluding diaryl/α,β-unsaturated/α-hetero) is 1. The second kappa shape index (κ2) is 3.00. The molecule has 0 aliphatic heterocycles. The van der Waals surface area contributed by atoms with Crippen LogP contribution in [0.15, 0.2) is 12.3 Å². The number of aromatic nitrogens is 1. The fraction of sp³-hybridized carbons (Fsp3) is 0.333. The van der Waals surface area contributed by atoms with Crippen molar-refractivity contribution in [2.24, 2.45) is 5.92 Å². The third-order valence-electron chi connectivity index (χ3n) is 2.12. The van der Waals surface area contributed by atoms with Gasteiger partial charge in [-0.1, -0.05) is 11.6 Å². The molecule has 1 fully saturated rings. The van der Waals surface area contributed by atoms with Gasteiger partial charge in [-0.2, -0.15) is 0 Å². The Morgan fingerprint density at radius 3 is 2.92 bits per heavy atom. The predicted octanol–water partition coefficient (Wildman–Crippen LogP) is 1.91. The maximum atomic E-state index is 11.6. The molecule has 1 aromatic heterocycles. The molecule has 0 atom stereocenters. The number of halogens is 1. The zero-order valence-electron chi connectivity index (χ0n) is 6.96. The summed E-state index contributed by atoms with van der Waals surface area (Å²) in [5.74, 6) is 0.266. The molecule has 1 heterocycles. The van der Waals surface area contributed by atoms with Crippen molar-refractivity contribution in [3.63, 3.8) is 0 Å². The Bertz CT molecular complexity index is 361. The van der Waals surface area contributed by atoms with Gasteiger partial charge in [0.1, 0.15) is 5.15 Å². The lowest BCUT2D eigenvalue weighted by Crippen LogP contribution is -2.06. The minimum absolute atomic E-state index is 0.0989. The Morgan fingerprint density at radius 2 is 2.31 bits per heavy atom. The van der Waals surface area contributed by atoms with E-state index in [1.165, 1.54) is 12.3 Å². The van der Waals surface area contributed by atoms with Crippen molar-refractivity contribution in [2.75, 3.05) is 5.73 Å². The molecule has 0 bridgehead atoms. The van der Waals surface area contributed by atoms with Crippen LogP contribution in [0.25, 0.3) is 0 Å². The molecule has 0 spiro atoms. The van der Waals surface area contributed by atoms with Gasteiger partial charge in [-0.3, -0.25) is 4.79 Å². The summed E-state index contributed by atoms with van der Waals surface area (Å²) in [5.41, 5.74) is 6.55. The number of anilines is 1. The van der Waals surface area contributed by atoms with E-state index in [4.69, 9.17) is 17.3 Å². The molecule has 2 rings (SSSR count). The van der Waals surface area contributed by atoms with Crippen LogP contribution in [0.4, 0.5) is 5.69 Å². The van der Waals surface area contributed by atoms with Crippen molar-refractivity contribution in [1.29, 1.82) is 0 Å². The molecule has 3 nitrogen and oxygen atoms in total. The lowest BCUT2D eigenvalue weighted by molar-refractivity contribution is 0.0968. The molecular formula is C9H9ClN2O. The van der Waals surface area contributed by atoms with E-state index in [1.807, 2.05) is 0 Å². The Hall–Kier alpha value is -1.09. The molecular weight excluding hydrogens is 188 g/mol. The molecule has 0 unspecified atom stereocenters. The lowest BCUT2D eigenvalue weighted by atomic mass is 10.1. The van der Waals surface area contributed by atoms with Gasteiger partial charge in [0.2, 0.25) is 0 Å². The minimum atomic E-state index is 0.0989. The van der Waals surface area contributed by atoms with E-state index < -0.39 is 0 Å². The van der Waals surface area contributed by atoms with Crippen LogP contribution in [0.3, 0.4) is 0 Å². The van der Waals surface area contributed by atoms with Gasteiger partial charge >= 0.3 is 0 Å². The molecule has 2 N–H and O–H groups in total. The number of carbonyl (C=O) groups excluding carboxylic acids is 1. The fourth-order valence-electron chi connectivity index (χ4n) is 1.22. The lowest BCUT2D eigenvalue weighted by Gasteiger charge is -2.02. The SMILES string of the molecule is Nc1cnc(Cl)cc1C(=O)C1CC1. The van der Waals surface area contributed by atoms with Crippen molar-refractivity contribution in [2.45, 2.75) is 12.8 Å². The number of ketones is 1. The first-order valence-corrected chi connectivity index (χ1v) is 4.51. The Morgan fingerprint density at radius 1 is 1.62 bits per heavy atom.